The van der Waals surface area contributed by atoms with Crippen LogP contribution in [-0.2, 0) is 11.3 Å². The molecule has 4 nitrogen and oxygen atoms in total. The number of benzene rings is 1. The number of hydrogen-bond donors (Lipinski definition) is 2. The van der Waals surface area contributed by atoms with Crippen LogP contribution < -0.4 is 10.2 Å². The van der Waals surface area contributed by atoms with Crippen LogP contribution in [0.2, 0.25) is 0 Å². The topological polar surface area (TPSA) is 52.6 Å². The molecule has 0 bridgehead atoms. The average Bonchev–Trinajstić information content (AvgIpc) is 2.49. The third kappa shape index (κ3) is 4.44. The van der Waals surface area contributed by atoms with Gasteiger partial charge in [0.05, 0.1) is 11.6 Å². The standard InChI is InChI=1S/C17H25FN2O2/c1-12(2)10-19-11-13-3-4-15(18)16(9-13)20-7-5-14(6-8-20)17(21)22/h3-4,9,12,14,19H,5-8,10-11H2,1-2H3,(H,21,22). The van der Waals surface area contributed by atoms with Crippen LogP contribution in [0.25, 0.3) is 0 Å². The predicted molar refractivity (Wildman–Crippen MR) is 85.5 cm³/mol. The number of anilines is 1. The van der Waals surface area contributed by atoms with Crippen molar-refractivity contribution >= 4 is 11.7 Å². The third-order valence-electron chi connectivity index (χ3n) is 4.08. The summed E-state index contributed by atoms with van der Waals surface area (Å²) < 4.78 is 14.1. The van der Waals surface area contributed by atoms with E-state index < -0.39 is 5.97 Å². The average molecular weight is 308 g/mol. The smallest absolute Gasteiger partial charge is 0.306 e. The number of carboxylic acids is 1. The van der Waals surface area contributed by atoms with Gasteiger partial charge >= 0.3 is 5.97 Å². The van der Waals surface area contributed by atoms with E-state index in [4.69, 9.17) is 5.11 Å². The van der Waals surface area contributed by atoms with Crippen LogP contribution in [-0.4, -0.2) is 30.7 Å². The second-order valence-corrected chi connectivity index (χ2v) is 6.41. The molecular formula is C17H25FN2O2. The fraction of sp³-hybridized carbons (Fsp3) is 0.588. The van der Waals surface area contributed by atoms with E-state index in [2.05, 4.69) is 19.2 Å². The van der Waals surface area contributed by atoms with Crippen LogP contribution in [0.1, 0.15) is 32.3 Å². The van der Waals surface area contributed by atoms with Crippen molar-refractivity contribution in [3.05, 3.63) is 29.6 Å². The summed E-state index contributed by atoms with van der Waals surface area (Å²) in [5, 5.41) is 12.4. The van der Waals surface area contributed by atoms with Gasteiger partial charge in [0.25, 0.3) is 0 Å². The first-order valence-corrected chi connectivity index (χ1v) is 7.94. The SMILES string of the molecule is CC(C)CNCc1ccc(F)c(N2CCC(C(=O)O)CC2)c1. The van der Waals surface area contributed by atoms with Crippen LogP contribution >= 0.6 is 0 Å². The van der Waals surface area contributed by atoms with Gasteiger partial charge in [0.15, 0.2) is 0 Å². The first-order chi connectivity index (χ1) is 10.5. The minimum Gasteiger partial charge on any atom is -0.481 e. The minimum atomic E-state index is -0.744. The van der Waals surface area contributed by atoms with Crippen molar-refractivity contribution in [3.63, 3.8) is 0 Å². The Balaban J connectivity index is 2.00. The monoisotopic (exact) mass is 308 g/mol. The van der Waals surface area contributed by atoms with E-state index in [1.54, 1.807) is 6.07 Å². The summed E-state index contributed by atoms with van der Waals surface area (Å²) in [4.78, 5) is 12.9. The largest absolute Gasteiger partial charge is 0.481 e. The summed E-state index contributed by atoms with van der Waals surface area (Å²) in [6.07, 6.45) is 1.15. The Hall–Kier alpha value is -1.62. The highest BCUT2D eigenvalue weighted by molar-refractivity contribution is 5.70. The van der Waals surface area contributed by atoms with Gasteiger partial charge in [0.2, 0.25) is 0 Å². The zero-order valence-corrected chi connectivity index (χ0v) is 13.3. The lowest BCUT2D eigenvalue weighted by molar-refractivity contribution is -0.142. The lowest BCUT2D eigenvalue weighted by Gasteiger charge is -2.32. The van der Waals surface area contributed by atoms with Crippen molar-refractivity contribution in [3.8, 4) is 0 Å². The number of carboxylic acid groups (broad SMARTS) is 1. The van der Waals surface area contributed by atoms with Crippen molar-refractivity contribution in [1.82, 2.24) is 5.32 Å². The Bertz CT molecular complexity index is 511. The van der Waals surface area contributed by atoms with Crippen LogP contribution in [0.5, 0.6) is 0 Å². The quantitative estimate of drug-likeness (QED) is 0.848. The molecule has 122 valence electrons. The fourth-order valence-corrected chi connectivity index (χ4v) is 2.78. The Kier molecular flexibility index (Phi) is 5.77. The molecule has 0 unspecified atom stereocenters. The number of nitrogens with zero attached hydrogens (tertiary/aromatic N) is 1. The van der Waals surface area contributed by atoms with Gasteiger partial charge in [-0.05, 0) is 43.0 Å². The maximum atomic E-state index is 14.1. The Morgan fingerprint density at radius 2 is 2.09 bits per heavy atom. The number of carbonyl (C=O) groups is 1. The number of aliphatic carboxylic acids is 1. The first kappa shape index (κ1) is 16.7. The van der Waals surface area contributed by atoms with Crippen molar-refractivity contribution in [2.45, 2.75) is 33.2 Å². The fourth-order valence-electron chi connectivity index (χ4n) is 2.78. The highest BCUT2D eigenvalue weighted by atomic mass is 19.1. The maximum absolute atomic E-state index is 14.1. The zero-order valence-electron chi connectivity index (χ0n) is 13.3. The van der Waals surface area contributed by atoms with E-state index in [1.165, 1.54) is 6.07 Å². The van der Waals surface area contributed by atoms with Gasteiger partial charge in [-0.3, -0.25) is 4.79 Å². The van der Waals surface area contributed by atoms with E-state index in [9.17, 15) is 9.18 Å². The maximum Gasteiger partial charge on any atom is 0.306 e. The van der Waals surface area contributed by atoms with Gasteiger partial charge in [-0.1, -0.05) is 19.9 Å². The van der Waals surface area contributed by atoms with E-state index in [1.807, 2.05) is 11.0 Å². The number of hydrogen-bond acceptors (Lipinski definition) is 3. The molecular weight excluding hydrogens is 283 g/mol. The highest BCUT2D eigenvalue weighted by Gasteiger charge is 2.25. The molecule has 1 aromatic rings. The number of piperidine rings is 1. The molecule has 0 spiro atoms. The molecule has 2 N–H and O–H groups in total. The summed E-state index contributed by atoms with van der Waals surface area (Å²) in [6.45, 7) is 7.13. The summed E-state index contributed by atoms with van der Waals surface area (Å²) in [5.74, 6) is -0.696. The summed E-state index contributed by atoms with van der Waals surface area (Å²) in [5.41, 5.74) is 1.64. The van der Waals surface area contributed by atoms with E-state index in [0.29, 0.717) is 37.5 Å². The van der Waals surface area contributed by atoms with Gasteiger partial charge in [0, 0.05) is 19.6 Å². The Morgan fingerprint density at radius 1 is 1.41 bits per heavy atom. The predicted octanol–water partition coefficient (Wildman–Crippen LogP) is 2.87. The molecule has 1 aliphatic rings. The lowest BCUT2D eigenvalue weighted by atomic mass is 9.96. The molecule has 0 amide bonds. The number of nitrogens with one attached hydrogen (secondary N) is 1. The van der Waals surface area contributed by atoms with Crippen LogP contribution in [0.3, 0.4) is 0 Å². The Labute approximate surface area is 131 Å². The summed E-state index contributed by atoms with van der Waals surface area (Å²) >= 11 is 0. The summed E-state index contributed by atoms with van der Waals surface area (Å²) in [6, 6.07) is 5.19. The molecule has 0 radical (unpaired) electrons. The van der Waals surface area contributed by atoms with Crippen molar-refractivity contribution < 1.29 is 14.3 Å². The summed E-state index contributed by atoms with van der Waals surface area (Å²) in [7, 11) is 0. The highest BCUT2D eigenvalue weighted by Crippen LogP contribution is 2.26. The normalized spacial score (nSPS) is 16.3. The second kappa shape index (κ2) is 7.58. The van der Waals surface area contributed by atoms with E-state index >= 15 is 0 Å². The van der Waals surface area contributed by atoms with E-state index in [-0.39, 0.29) is 11.7 Å². The molecule has 0 saturated carbocycles. The zero-order chi connectivity index (χ0) is 16.1. The van der Waals surface area contributed by atoms with Crippen LogP contribution in [0.4, 0.5) is 10.1 Å². The molecule has 0 atom stereocenters. The molecule has 0 aliphatic carbocycles. The first-order valence-electron chi connectivity index (χ1n) is 7.94. The van der Waals surface area contributed by atoms with Crippen molar-refractivity contribution in [1.29, 1.82) is 0 Å². The molecule has 5 heteroatoms. The van der Waals surface area contributed by atoms with Gasteiger partial charge < -0.3 is 15.3 Å². The third-order valence-corrected chi connectivity index (χ3v) is 4.08. The molecule has 22 heavy (non-hydrogen) atoms. The molecule has 1 fully saturated rings. The van der Waals surface area contributed by atoms with E-state index in [0.717, 1.165) is 18.7 Å². The molecule has 1 saturated heterocycles. The number of halogens is 1. The minimum absolute atomic E-state index is 0.235. The van der Waals surface area contributed by atoms with Crippen LogP contribution in [0.15, 0.2) is 18.2 Å². The molecule has 1 aromatic carbocycles. The Morgan fingerprint density at radius 3 is 2.68 bits per heavy atom. The van der Waals surface area contributed by atoms with Crippen molar-refractivity contribution in [2.24, 2.45) is 11.8 Å². The van der Waals surface area contributed by atoms with Crippen LogP contribution in [0, 0.1) is 17.7 Å². The van der Waals surface area contributed by atoms with Crippen molar-refractivity contribution in [2.75, 3.05) is 24.5 Å². The molecule has 1 aliphatic heterocycles. The van der Waals surface area contributed by atoms with Gasteiger partial charge in [-0.2, -0.15) is 0 Å². The lowest BCUT2D eigenvalue weighted by Crippen LogP contribution is -2.36. The molecule has 0 aromatic heterocycles. The molecule has 2 rings (SSSR count). The second-order valence-electron chi connectivity index (χ2n) is 6.41. The number of rotatable bonds is 6. The molecule has 1 heterocycles. The van der Waals surface area contributed by atoms with Gasteiger partial charge in [0.1, 0.15) is 5.82 Å². The van der Waals surface area contributed by atoms with Gasteiger partial charge in [-0.15, -0.1) is 0 Å². The van der Waals surface area contributed by atoms with Gasteiger partial charge in [-0.25, -0.2) is 4.39 Å².